The summed E-state index contributed by atoms with van der Waals surface area (Å²) in [6.07, 6.45) is 3.12. The number of hydrogen-bond acceptors (Lipinski definition) is 3. The Labute approximate surface area is 146 Å². The number of carbonyl (C=O) groups excluding carboxylic acids is 1. The third-order valence-corrected chi connectivity index (χ3v) is 4.40. The molecule has 0 N–H and O–H groups in total. The highest BCUT2D eigenvalue weighted by Crippen LogP contribution is 2.27. The number of benzene rings is 2. The molecule has 4 nitrogen and oxygen atoms in total. The van der Waals surface area contributed by atoms with Crippen LogP contribution in [0, 0.1) is 0 Å². The summed E-state index contributed by atoms with van der Waals surface area (Å²) in [6, 6.07) is 22.1. The van der Waals surface area contributed by atoms with Crippen LogP contribution in [0.1, 0.15) is 17.2 Å². The lowest BCUT2D eigenvalue weighted by molar-refractivity contribution is 0.132. The van der Waals surface area contributed by atoms with Crippen molar-refractivity contribution in [2.45, 2.75) is 12.6 Å². The lowest BCUT2D eigenvalue weighted by atomic mass is 10.0. The maximum absolute atomic E-state index is 12.1. The monoisotopic (exact) mass is 330 g/mol. The molecule has 0 bridgehead atoms. The topological polar surface area (TPSA) is 42.4 Å². The van der Waals surface area contributed by atoms with Gasteiger partial charge in [-0.2, -0.15) is 0 Å². The summed E-state index contributed by atoms with van der Waals surface area (Å²) in [5.74, 6) is 0. The number of aromatic nitrogens is 1. The Hall–Kier alpha value is -3.14. The van der Waals surface area contributed by atoms with Crippen LogP contribution in [0.15, 0.2) is 79.1 Å². The van der Waals surface area contributed by atoms with Crippen molar-refractivity contribution in [3.8, 4) is 11.1 Å². The Kier molecular flexibility index (Phi) is 4.17. The van der Waals surface area contributed by atoms with Crippen molar-refractivity contribution in [1.82, 2.24) is 9.88 Å². The molecule has 3 aromatic rings. The summed E-state index contributed by atoms with van der Waals surface area (Å²) < 4.78 is 5.51. The molecule has 25 heavy (non-hydrogen) atoms. The zero-order valence-corrected chi connectivity index (χ0v) is 13.7. The van der Waals surface area contributed by atoms with E-state index in [1.54, 1.807) is 17.3 Å². The van der Waals surface area contributed by atoms with Crippen LogP contribution in [-0.2, 0) is 11.3 Å². The first kappa shape index (κ1) is 15.4. The number of carbonyl (C=O) groups is 1. The van der Waals surface area contributed by atoms with Gasteiger partial charge in [-0.15, -0.1) is 0 Å². The predicted octanol–water partition coefficient (Wildman–Crippen LogP) is 4.44. The Balaban J connectivity index is 1.45. The van der Waals surface area contributed by atoms with Crippen molar-refractivity contribution in [2.24, 2.45) is 0 Å². The number of ether oxygens (including phenoxy) is 1. The number of pyridine rings is 1. The van der Waals surface area contributed by atoms with E-state index < -0.39 is 0 Å². The fourth-order valence-electron chi connectivity index (χ4n) is 3.05. The minimum atomic E-state index is -0.257. The molecule has 1 aromatic heterocycles. The molecule has 2 aromatic carbocycles. The fraction of sp³-hybridized carbons (Fsp3) is 0.143. The molecule has 0 saturated carbocycles. The third-order valence-electron chi connectivity index (χ3n) is 4.40. The first-order valence-corrected chi connectivity index (χ1v) is 8.29. The van der Waals surface area contributed by atoms with Crippen molar-refractivity contribution < 1.29 is 9.53 Å². The molecular weight excluding hydrogens is 312 g/mol. The van der Waals surface area contributed by atoms with E-state index in [1.807, 2.05) is 42.5 Å². The van der Waals surface area contributed by atoms with Gasteiger partial charge < -0.3 is 4.74 Å². The van der Waals surface area contributed by atoms with Crippen molar-refractivity contribution >= 4 is 6.09 Å². The second-order valence-electron chi connectivity index (χ2n) is 6.10. The fourth-order valence-corrected chi connectivity index (χ4v) is 3.05. The van der Waals surface area contributed by atoms with E-state index in [0.717, 1.165) is 22.3 Å². The van der Waals surface area contributed by atoms with Crippen LogP contribution in [0.3, 0.4) is 0 Å². The van der Waals surface area contributed by atoms with Gasteiger partial charge in [0.25, 0.3) is 0 Å². The highest BCUT2D eigenvalue weighted by atomic mass is 16.6. The van der Waals surface area contributed by atoms with Gasteiger partial charge in [-0.05, 0) is 34.4 Å². The second-order valence-corrected chi connectivity index (χ2v) is 6.10. The molecule has 124 valence electrons. The highest BCUT2D eigenvalue weighted by Gasteiger charge is 2.32. The minimum absolute atomic E-state index is 0.190. The first-order chi connectivity index (χ1) is 12.3. The summed E-state index contributed by atoms with van der Waals surface area (Å²) in [5, 5.41) is 0. The maximum Gasteiger partial charge on any atom is 0.410 e. The molecule has 4 heteroatoms. The molecule has 2 heterocycles. The van der Waals surface area contributed by atoms with E-state index in [0.29, 0.717) is 13.1 Å². The molecule has 0 spiro atoms. The molecular formula is C21H18N2O2. The van der Waals surface area contributed by atoms with Gasteiger partial charge >= 0.3 is 6.09 Å². The Morgan fingerprint density at radius 3 is 2.32 bits per heavy atom. The third kappa shape index (κ3) is 3.38. The van der Waals surface area contributed by atoms with Gasteiger partial charge in [0, 0.05) is 18.9 Å². The van der Waals surface area contributed by atoms with E-state index in [2.05, 4.69) is 29.2 Å². The molecule has 0 aliphatic carbocycles. The van der Waals surface area contributed by atoms with Crippen molar-refractivity contribution in [2.75, 3.05) is 6.54 Å². The molecule has 0 radical (unpaired) electrons. The van der Waals surface area contributed by atoms with E-state index in [-0.39, 0.29) is 12.2 Å². The Morgan fingerprint density at radius 2 is 1.60 bits per heavy atom. The summed E-state index contributed by atoms with van der Waals surface area (Å²) in [7, 11) is 0. The second kappa shape index (κ2) is 6.77. The smallest absolute Gasteiger partial charge is 0.410 e. The lowest BCUT2D eigenvalue weighted by Gasteiger charge is -2.13. The van der Waals surface area contributed by atoms with E-state index in [4.69, 9.17) is 4.74 Å². The number of rotatable bonds is 4. The molecule has 1 saturated heterocycles. The molecule has 1 aliphatic heterocycles. The van der Waals surface area contributed by atoms with Crippen LogP contribution in [-0.4, -0.2) is 22.5 Å². The van der Waals surface area contributed by atoms with Gasteiger partial charge in [-0.3, -0.25) is 9.88 Å². The van der Waals surface area contributed by atoms with E-state index in [9.17, 15) is 4.79 Å². The molecule has 1 atom stereocenters. The van der Waals surface area contributed by atoms with Crippen LogP contribution >= 0.6 is 0 Å². The zero-order chi connectivity index (χ0) is 17.1. The van der Waals surface area contributed by atoms with Gasteiger partial charge in [0.1, 0.15) is 6.10 Å². The van der Waals surface area contributed by atoms with Gasteiger partial charge in [0.05, 0.1) is 6.54 Å². The normalized spacial score (nSPS) is 16.7. The van der Waals surface area contributed by atoms with E-state index >= 15 is 0 Å². The number of hydrogen-bond donors (Lipinski definition) is 0. The summed E-state index contributed by atoms with van der Waals surface area (Å²) in [6.45, 7) is 1.13. The Morgan fingerprint density at radius 1 is 0.920 bits per heavy atom. The van der Waals surface area contributed by atoms with Gasteiger partial charge in [0.2, 0.25) is 0 Å². The number of cyclic esters (lactones) is 1. The molecule has 1 fully saturated rings. The average molecular weight is 330 g/mol. The minimum Gasteiger partial charge on any atom is -0.439 e. The van der Waals surface area contributed by atoms with Crippen molar-refractivity contribution in [1.29, 1.82) is 0 Å². The zero-order valence-electron chi connectivity index (χ0n) is 13.7. The van der Waals surface area contributed by atoms with E-state index in [1.165, 1.54) is 0 Å². The van der Waals surface area contributed by atoms with Gasteiger partial charge in [0.15, 0.2) is 0 Å². The molecule has 4 rings (SSSR count). The van der Waals surface area contributed by atoms with Crippen molar-refractivity contribution in [3.63, 3.8) is 0 Å². The molecule has 1 amide bonds. The standard InChI is InChI=1S/C21H18N2O2/c24-21-23(15-20(25-21)19-4-2-1-3-5-19)14-16-6-8-17(9-7-16)18-10-12-22-13-11-18/h1-13,20H,14-15H2/t20-/m0/s1. The number of nitrogens with zero attached hydrogens (tertiary/aromatic N) is 2. The molecule has 0 unspecified atom stereocenters. The number of amides is 1. The average Bonchev–Trinajstić information content (AvgIpc) is 3.04. The SMILES string of the molecule is O=C1O[C@H](c2ccccc2)CN1Cc1ccc(-c2ccncc2)cc1. The summed E-state index contributed by atoms with van der Waals surface area (Å²) >= 11 is 0. The largest absolute Gasteiger partial charge is 0.439 e. The lowest BCUT2D eigenvalue weighted by Crippen LogP contribution is -2.23. The van der Waals surface area contributed by atoms with Crippen LogP contribution in [0.25, 0.3) is 11.1 Å². The quantitative estimate of drug-likeness (QED) is 0.710. The predicted molar refractivity (Wildman–Crippen MR) is 95.7 cm³/mol. The summed E-state index contributed by atoms with van der Waals surface area (Å²) in [5.41, 5.74) is 4.39. The van der Waals surface area contributed by atoms with Crippen LogP contribution in [0.5, 0.6) is 0 Å². The highest BCUT2D eigenvalue weighted by molar-refractivity contribution is 5.70. The van der Waals surface area contributed by atoms with Gasteiger partial charge in [-0.25, -0.2) is 4.79 Å². The first-order valence-electron chi connectivity index (χ1n) is 8.29. The Bertz CT molecular complexity index is 848. The maximum atomic E-state index is 12.1. The van der Waals surface area contributed by atoms with Crippen LogP contribution in [0.2, 0.25) is 0 Å². The molecule has 1 aliphatic rings. The summed E-state index contributed by atoms with van der Waals surface area (Å²) in [4.78, 5) is 17.9. The van der Waals surface area contributed by atoms with Crippen molar-refractivity contribution in [3.05, 3.63) is 90.3 Å². The van der Waals surface area contributed by atoms with Gasteiger partial charge in [-0.1, -0.05) is 54.6 Å². The van der Waals surface area contributed by atoms with Crippen LogP contribution < -0.4 is 0 Å². The van der Waals surface area contributed by atoms with Crippen LogP contribution in [0.4, 0.5) is 4.79 Å².